The number of thiazole rings is 1. The number of amides is 1. The van der Waals surface area contributed by atoms with E-state index in [0.29, 0.717) is 13.1 Å². The van der Waals surface area contributed by atoms with Crippen molar-refractivity contribution in [1.29, 1.82) is 0 Å². The Bertz CT molecular complexity index is 419. The molecule has 1 fully saturated rings. The molecule has 0 bridgehead atoms. The Labute approximate surface area is 105 Å². The van der Waals surface area contributed by atoms with Gasteiger partial charge >= 0.3 is 6.09 Å². The lowest BCUT2D eigenvalue weighted by molar-refractivity contribution is 0.141. The average molecular weight is 255 g/mol. The molecule has 0 aliphatic carbocycles. The Morgan fingerprint density at radius 3 is 3.00 bits per heavy atom. The number of rotatable bonds is 4. The number of nitrogens with one attached hydrogen (secondary N) is 1. The Morgan fingerprint density at radius 1 is 1.65 bits per heavy atom. The van der Waals surface area contributed by atoms with Crippen LogP contribution in [0, 0.1) is 6.92 Å². The number of hydrogen-bond donors (Lipinski definition) is 1. The molecule has 1 aliphatic heterocycles. The molecule has 2 heterocycles. The van der Waals surface area contributed by atoms with Crippen molar-refractivity contribution in [2.75, 3.05) is 25.0 Å². The van der Waals surface area contributed by atoms with Crippen molar-refractivity contribution in [3.05, 3.63) is 10.7 Å². The summed E-state index contributed by atoms with van der Waals surface area (Å²) >= 11 is 1.57. The van der Waals surface area contributed by atoms with Crippen molar-refractivity contribution >= 4 is 22.4 Å². The average Bonchev–Trinajstić information content (AvgIpc) is 2.82. The van der Waals surface area contributed by atoms with Gasteiger partial charge in [0.25, 0.3) is 0 Å². The van der Waals surface area contributed by atoms with Crippen molar-refractivity contribution < 1.29 is 9.53 Å². The first-order valence-corrected chi connectivity index (χ1v) is 6.56. The molecule has 17 heavy (non-hydrogen) atoms. The highest BCUT2D eigenvalue weighted by molar-refractivity contribution is 7.16. The summed E-state index contributed by atoms with van der Waals surface area (Å²) in [6.07, 6.45) is 0.563. The van der Waals surface area contributed by atoms with E-state index in [9.17, 15) is 4.79 Å². The minimum absolute atomic E-state index is 0.0703. The van der Waals surface area contributed by atoms with Gasteiger partial charge in [0.05, 0.1) is 17.2 Å². The summed E-state index contributed by atoms with van der Waals surface area (Å²) in [5, 5.41) is 5.00. The van der Waals surface area contributed by atoms with Crippen LogP contribution in [0.5, 0.6) is 0 Å². The summed E-state index contributed by atoms with van der Waals surface area (Å²) in [5.74, 6) is 0. The van der Waals surface area contributed by atoms with Crippen LogP contribution in [0.4, 0.5) is 9.80 Å². The number of carbonyl (C=O) groups excluding carboxylic acids is 1. The van der Waals surface area contributed by atoms with Crippen molar-refractivity contribution in [3.63, 3.8) is 0 Å². The molecule has 2 rings (SSSR count). The lowest BCUT2D eigenvalue weighted by Crippen LogP contribution is -2.28. The van der Waals surface area contributed by atoms with Gasteiger partial charge in [-0.1, -0.05) is 6.92 Å². The molecule has 1 amide bonds. The molecule has 5 nitrogen and oxygen atoms in total. The molecule has 1 N–H and O–H groups in total. The van der Waals surface area contributed by atoms with E-state index < -0.39 is 0 Å². The van der Waals surface area contributed by atoms with Crippen molar-refractivity contribution in [2.24, 2.45) is 0 Å². The molecule has 1 aromatic heterocycles. The molecule has 1 atom stereocenters. The second kappa shape index (κ2) is 5.01. The van der Waals surface area contributed by atoms with Gasteiger partial charge in [0.1, 0.15) is 11.1 Å². The first-order chi connectivity index (χ1) is 8.15. The van der Waals surface area contributed by atoms with Crippen LogP contribution in [0.1, 0.15) is 17.6 Å². The fourth-order valence-electron chi connectivity index (χ4n) is 1.87. The number of aromatic nitrogens is 1. The molecule has 1 unspecified atom stereocenters. The Hall–Kier alpha value is -1.14. The molecule has 1 saturated heterocycles. The van der Waals surface area contributed by atoms with Crippen LogP contribution in [-0.2, 0) is 11.2 Å². The van der Waals surface area contributed by atoms with Gasteiger partial charge in [-0.05, 0) is 20.4 Å². The first-order valence-electron chi connectivity index (χ1n) is 5.74. The summed E-state index contributed by atoms with van der Waals surface area (Å²) in [6, 6.07) is 0. The number of aryl methyl sites for hydroxylation is 2. The zero-order valence-electron chi connectivity index (χ0n) is 10.3. The van der Waals surface area contributed by atoms with Gasteiger partial charge in [-0.15, -0.1) is 11.3 Å². The van der Waals surface area contributed by atoms with E-state index >= 15 is 0 Å². The van der Waals surface area contributed by atoms with Crippen LogP contribution in [-0.4, -0.2) is 37.3 Å². The zero-order chi connectivity index (χ0) is 12.4. The molecular formula is C11H17N3O2S. The number of carbonyl (C=O) groups is 1. The normalized spacial score (nSPS) is 19.8. The number of hydrogen-bond acceptors (Lipinski definition) is 5. The molecule has 6 heteroatoms. The number of ether oxygens (including phenoxy) is 1. The van der Waals surface area contributed by atoms with Gasteiger partial charge in [-0.2, -0.15) is 0 Å². The third-order valence-corrected chi connectivity index (χ3v) is 3.99. The molecule has 0 spiro atoms. The zero-order valence-corrected chi connectivity index (χ0v) is 11.1. The maximum Gasteiger partial charge on any atom is 0.415 e. The van der Waals surface area contributed by atoms with Gasteiger partial charge in [-0.25, -0.2) is 9.78 Å². The van der Waals surface area contributed by atoms with Crippen molar-refractivity contribution in [1.82, 2.24) is 10.3 Å². The van der Waals surface area contributed by atoms with E-state index in [4.69, 9.17) is 4.74 Å². The lowest BCUT2D eigenvalue weighted by atomic mass is 10.3. The summed E-state index contributed by atoms with van der Waals surface area (Å²) in [5.41, 5.74) is 0.911. The molecule has 0 aromatic carbocycles. The lowest BCUT2D eigenvalue weighted by Gasteiger charge is -2.10. The van der Waals surface area contributed by atoms with Crippen LogP contribution in [0.25, 0.3) is 0 Å². The van der Waals surface area contributed by atoms with E-state index in [1.54, 1.807) is 16.2 Å². The predicted octanol–water partition coefficient (Wildman–Crippen LogP) is 1.56. The highest BCUT2D eigenvalue weighted by Crippen LogP contribution is 2.31. The molecule has 0 radical (unpaired) electrons. The highest BCUT2D eigenvalue weighted by Gasteiger charge is 2.34. The van der Waals surface area contributed by atoms with Crippen LogP contribution in [0.3, 0.4) is 0 Å². The van der Waals surface area contributed by atoms with Crippen molar-refractivity contribution in [2.45, 2.75) is 26.4 Å². The van der Waals surface area contributed by atoms with Gasteiger partial charge < -0.3 is 10.1 Å². The van der Waals surface area contributed by atoms with Gasteiger partial charge in [0.2, 0.25) is 0 Å². The summed E-state index contributed by atoms with van der Waals surface area (Å²) in [7, 11) is 1.85. The minimum atomic E-state index is -0.264. The SMILES string of the molecule is CCc1nc(C)c(N2CC(CNC)OC2=O)s1. The minimum Gasteiger partial charge on any atom is -0.443 e. The number of nitrogens with zero attached hydrogens (tertiary/aromatic N) is 2. The standard InChI is InChI=1S/C11H17N3O2S/c1-4-9-13-7(2)10(17-9)14-6-8(5-12-3)16-11(14)15/h8,12H,4-6H2,1-3H3. The van der Waals surface area contributed by atoms with E-state index in [1.807, 2.05) is 14.0 Å². The highest BCUT2D eigenvalue weighted by atomic mass is 32.1. The second-order valence-electron chi connectivity index (χ2n) is 4.03. The number of cyclic esters (lactones) is 1. The number of anilines is 1. The van der Waals surface area contributed by atoms with Crippen LogP contribution in [0.15, 0.2) is 0 Å². The third-order valence-electron chi connectivity index (χ3n) is 2.67. The smallest absolute Gasteiger partial charge is 0.415 e. The fourth-order valence-corrected chi connectivity index (χ4v) is 2.87. The quantitative estimate of drug-likeness (QED) is 0.887. The first kappa shape index (κ1) is 12.3. The topological polar surface area (TPSA) is 54.5 Å². The monoisotopic (exact) mass is 255 g/mol. The summed E-state index contributed by atoms with van der Waals surface area (Å²) in [6.45, 7) is 5.28. The van der Waals surface area contributed by atoms with E-state index in [2.05, 4.69) is 17.2 Å². The van der Waals surface area contributed by atoms with Crippen LogP contribution in [0.2, 0.25) is 0 Å². The Balaban J connectivity index is 2.16. The molecule has 1 aliphatic rings. The van der Waals surface area contributed by atoms with Gasteiger partial charge in [0, 0.05) is 6.54 Å². The predicted molar refractivity (Wildman–Crippen MR) is 67.8 cm³/mol. The fraction of sp³-hybridized carbons (Fsp3) is 0.636. The Morgan fingerprint density at radius 2 is 2.41 bits per heavy atom. The molecular weight excluding hydrogens is 238 g/mol. The molecule has 0 saturated carbocycles. The van der Waals surface area contributed by atoms with E-state index in [0.717, 1.165) is 22.1 Å². The van der Waals surface area contributed by atoms with Crippen LogP contribution < -0.4 is 10.2 Å². The maximum absolute atomic E-state index is 11.8. The second-order valence-corrected chi connectivity index (χ2v) is 5.09. The van der Waals surface area contributed by atoms with Crippen molar-refractivity contribution in [3.8, 4) is 0 Å². The summed E-state index contributed by atoms with van der Waals surface area (Å²) in [4.78, 5) is 17.9. The largest absolute Gasteiger partial charge is 0.443 e. The van der Waals surface area contributed by atoms with Gasteiger partial charge in [0.15, 0.2) is 0 Å². The molecule has 94 valence electrons. The van der Waals surface area contributed by atoms with E-state index in [-0.39, 0.29) is 12.2 Å². The maximum atomic E-state index is 11.8. The Kier molecular flexibility index (Phi) is 3.63. The van der Waals surface area contributed by atoms with Crippen LogP contribution >= 0.6 is 11.3 Å². The van der Waals surface area contributed by atoms with Gasteiger partial charge in [-0.3, -0.25) is 4.90 Å². The molecule has 1 aromatic rings. The third kappa shape index (κ3) is 2.42. The number of likely N-dealkylation sites (N-methyl/N-ethyl adjacent to an activating group) is 1. The van der Waals surface area contributed by atoms with E-state index in [1.165, 1.54) is 0 Å². The summed E-state index contributed by atoms with van der Waals surface area (Å²) < 4.78 is 5.27.